The van der Waals surface area contributed by atoms with Crippen molar-refractivity contribution in [3.63, 3.8) is 0 Å². The SMILES string of the molecule is Cc1cc2c([nH]1)CCC(CNC1CCC(Oc3ccc([N+](=O)[O-])cc3)C1O)C2=O. The fourth-order valence-electron chi connectivity index (χ4n) is 4.34. The van der Waals surface area contributed by atoms with Crippen molar-refractivity contribution in [2.45, 2.75) is 50.9 Å². The van der Waals surface area contributed by atoms with Crippen LogP contribution >= 0.6 is 0 Å². The summed E-state index contributed by atoms with van der Waals surface area (Å²) in [7, 11) is 0. The number of hydrogen-bond acceptors (Lipinski definition) is 6. The molecule has 154 valence electrons. The van der Waals surface area contributed by atoms with E-state index in [1.54, 1.807) is 12.1 Å². The van der Waals surface area contributed by atoms with E-state index < -0.39 is 11.0 Å². The number of benzene rings is 1. The predicted octanol–water partition coefficient (Wildman–Crippen LogP) is 2.54. The molecule has 2 aliphatic carbocycles. The van der Waals surface area contributed by atoms with Gasteiger partial charge in [-0.15, -0.1) is 0 Å². The van der Waals surface area contributed by atoms with Crippen LogP contribution in [0.5, 0.6) is 5.75 Å². The lowest BCUT2D eigenvalue weighted by molar-refractivity contribution is -0.384. The lowest BCUT2D eigenvalue weighted by Crippen LogP contribution is -2.44. The molecule has 1 heterocycles. The molecule has 1 aromatic carbocycles. The quantitative estimate of drug-likeness (QED) is 0.508. The summed E-state index contributed by atoms with van der Waals surface area (Å²) in [4.78, 5) is 26.2. The van der Waals surface area contributed by atoms with Crippen LogP contribution in [0.25, 0.3) is 0 Å². The number of aromatic nitrogens is 1. The van der Waals surface area contributed by atoms with E-state index in [2.05, 4.69) is 10.3 Å². The van der Waals surface area contributed by atoms with Crippen LogP contribution in [-0.4, -0.2) is 45.6 Å². The fraction of sp³-hybridized carbons (Fsp3) is 0.476. The number of nitro groups is 1. The Balaban J connectivity index is 1.31. The largest absolute Gasteiger partial charge is 0.488 e. The van der Waals surface area contributed by atoms with Crippen LogP contribution in [0.2, 0.25) is 0 Å². The van der Waals surface area contributed by atoms with Crippen molar-refractivity contribution in [1.82, 2.24) is 10.3 Å². The van der Waals surface area contributed by atoms with Crippen LogP contribution in [0.3, 0.4) is 0 Å². The van der Waals surface area contributed by atoms with Gasteiger partial charge < -0.3 is 20.1 Å². The topological polar surface area (TPSA) is 117 Å². The standard InChI is InChI=1S/C21H25N3O5/c1-12-10-16-17(23-12)7-2-13(20(16)25)11-22-18-8-9-19(21(18)26)29-15-5-3-14(4-6-15)24(27)28/h3-6,10,13,18-19,21-23,26H,2,7-9,11H2,1H3. The maximum atomic E-state index is 12.7. The van der Waals surface area contributed by atoms with Crippen molar-refractivity contribution in [2.24, 2.45) is 5.92 Å². The summed E-state index contributed by atoms with van der Waals surface area (Å²) in [5, 5.41) is 24.7. The molecule has 1 fully saturated rings. The van der Waals surface area contributed by atoms with Gasteiger partial charge in [0.05, 0.1) is 4.92 Å². The van der Waals surface area contributed by atoms with Crippen LogP contribution < -0.4 is 10.1 Å². The second-order valence-corrected chi connectivity index (χ2v) is 7.93. The van der Waals surface area contributed by atoms with Gasteiger partial charge in [0.15, 0.2) is 5.78 Å². The molecule has 8 heteroatoms. The van der Waals surface area contributed by atoms with E-state index >= 15 is 0 Å². The van der Waals surface area contributed by atoms with Crippen molar-refractivity contribution in [3.8, 4) is 5.75 Å². The zero-order valence-electron chi connectivity index (χ0n) is 16.3. The number of rotatable bonds is 6. The number of ketones is 1. The van der Waals surface area contributed by atoms with E-state index in [1.807, 2.05) is 13.0 Å². The minimum absolute atomic E-state index is 0.00165. The van der Waals surface area contributed by atoms with Crippen LogP contribution in [0.1, 0.15) is 41.0 Å². The van der Waals surface area contributed by atoms with Gasteiger partial charge in [-0.25, -0.2) is 0 Å². The van der Waals surface area contributed by atoms with Gasteiger partial charge in [0.1, 0.15) is 18.0 Å². The molecule has 0 radical (unpaired) electrons. The Morgan fingerprint density at radius 3 is 2.76 bits per heavy atom. The number of nitrogens with zero attached hydrogens (tertiary/aromatic N) is 1. The number of carbonyl (C=O) groups excluding carboxylic acids is 1. The number of aryl methyl sites for hydroxylation is 2. The first-order chi connectivity index (χ1) is 13.9. The number of nitrogens with one attached hydrogen (secondary N) is 2. The van der Waals surface area contributed by atoms with Crippen molar-refractivity contribution >= 4 is 11.5 Å². The number of Topliss-reactive ketones (excluding diaryl/α,β-unsaturated/α-hetero) is 1. The van der Waals surface area contributed by atoms with Crippen LogP contribution in [0.4, 0.5) is 5.69 Å². The summed E-state index contributed by atoms with van der Waals surface area (Å²) in [6.45, 7) is 2.49. The average molecular weight is 399 g/mol. The third-order valence-electron chi connectivity index (χ3n) is 5.93. The highest BCUT2D eigenvalue weighted by atomic mass is 16.6. The van der Waals surface area contributed by atoms with Gasteiger partial charge in [-0.05, 0) is 50.8 Å². The first-order valence-electron chi connectivity index (χ1n) is 9.97. The van der Waals surface area contributed by atoms with E-state index in [9.17, 15) is 20.0 Å². The van der Waals surface area contributed by atoms with E-state index in [1.165, 1.54) is 12.1 Å². The number of carbonyl (C=O) groups is 1. The molecule has 0 amide bonds. The second kappa shape index (κ2) is 7.96. The van der Waals surface area contributed by atoms with Crippen molar-refractivity contribution in [3.05, 3.63) is 57.4 Å². The first kappa shape index (κ1) is 19.6. The number of fused-ring (bicyclic) bond motifs is 1. The van der Waals surface area contributed by atoms with E-state index in [-0.39, 0.29) is 29.5 Å². The molecule has 4 atom stereocenters. The third-order valence-corrected chi connectivity index (χ3v) is 5.93. The lowest BCUT2D eigenvalue weighted by atomic mass is 9.86. The molecule has 0 bridgehead atoms. The van der Waals surface area contributed by atoms with E-state index in [4.69, 9.17) is 4.74 Å². The van der Waals surface area contributed by atoms with Gasteiger partial charge in [0.25, 0.3) is 5.69 Å². The molecule has 4 rings (SSSR count). The monoisotopic (exact) mass is 399 g/mol. The van der Waals surface area contributed by atoms with E-state index in [0.717, 1.165) is 36.2 Å². The number of ether oxygens (including phenoxy) is 1. The molecule has 29 heavy (non-hydrogen) atoms. The molecule has 4 unspecified atom stereocenters. The molecule has 1 aromatic heterocycles. The lowest BCUT2D eigenvalue weighted by Gasteiger charge is -2.25. The number of aliphatic hydroxyl groups excluding tert-OH is 1. The molecule has 0 saturated heterocycles. The number of non-ortho nitro benzene ring substituents is 1. The summed E-state index contributed by atoms with van der Waals surface area (Å²) < 4.78 is 5.83. The molecular weight excluding hydrogens is 374 g/mol. The summed E-state index contributed by atoms with van der Waals surface area (Å²) in [5.74, 6) is 0.576. The van der Waals surface area contributed by atoms with Gasteiger partial charge in [0, 0.05) is 47.6 Å². The number of aromatic amines is 1. The summed E-state index contributed by atoms with van der Waals surface area (Å²) >= 11 is 0. The van der Waals surface area contributed by atoms with E-state index in [0.29, 0.717) is 18.7 Å². The van der Waals surface area contributed by atoms with Gasteiger partial charge >= 0.3 is 0 Å². The van der Waals surface area contributed by atoms with Crippen molar-refractivity contribution < 1.29 is 19.6 Å². The Hall–Kier alpha value is -2.71. The molecule has 2 aromatic rings. The normalized spacial score (nSPS) is 26.3. The summed E-state index contributed by atoms with van der Waals surface area (Å²) in [6.07, 6.45) is 2.00. The first-order valence-corrected chi connectivity index (χ1v) is 9.97. The van der Waals surface area contributed by atoms with Gasteiger partial charge in [0.2, 0.25) is 0 Å². The Morgan fingerprint density at radius 1 is 1.28 bits per heavy atom. The molecule has 0 aliphatic heterocycles. The Morgan fingerprint density at radius 2 is 2.03 bits per heavy atom. The van der Waals surface area contributed by atoms with Gasteiger partial charge in [-0.3, -0.25) is 14.9 Å². The summed E-state index contributed by atoms with van der Waals surface area (Å²) in [5.41, 5.74) is 2.84. The van der Waals surface area contributed by atoms with Crippen LogP contribution in [-0.2, 0) is 6.42 Å². The maximum absolute atomic E-state index is 12.7. The highest BCUT2D eigenvalue weighted by Gasteiger charge is 2.37. The maximum Gasteiger partial charge on any atom is 0.269 e. The molecule has 0 spiro atoms. The predicted molar refractivity (Wildman–Crippen MR) is 106 cm³/mol. The molecule has 2 aliphatic rings. The Labute approximate surface area is 168 Å². The molecule has 1 saturated carbocycles. The zero-order chi connectivity index (χ0) is 20.5. The average Bonchev–Trinajstić information content (AvgIpc) is 3.25. The third kappa shape index (κ3) is 4.04. The molecule has 3 N–H and O–H groups in total. The van der Waals surface area contributed by atoms with Gasteiger partial charge in [-0.2, -0.15) is 0 Å². The van der Waals surface area contributed by atoms with Crippen LogP contribution in [0, 0.1) is 23.0 Å². The second-order valence-electron chi connectivity index (χ2n) is 7.93. The van der Waals surface area contributed by atoms with Crippen molar-refractivity contribution in [2.75, 3.05) is 6.54 Å². The van der Waals surface area contributed by atoms with Gasteiger partial charge in [-0.1, -0.05) is 0 Å². The zero-order valence-corrected chi connectivity index (χ0v) is 16.3. The fourth-order valence-corrected chi connectivity index (χ4v) is 4.34. The Kier molecular flexibility index (Phi) is 5.38. The number of aliphatic hydroxyl groups is 1. The number of nitro benzene ring substituents is 1. The smallest absolute Gasteiger partial charge is 0.269 e. The summed E-state index contributed by atoms with van der Waals surface area (Å²) in [6, 6.07) is 7.64. The van der Waals surface area contributed by atoms with Crippen molar-refractivity contribution in [1.29, 1.82) is 0 Å². The minimum Gasteiger partial charge on any atom is -0.488 e. The minimum atomic E-state index is -0.700. The highest BCUT2D eigenvalue weighted by molar-refractivity contribution is 6.00. The number of H-pyrrole nitrogens is 1. The number of hydrogen-bond donors (Lipinski definition) is 3. The molecular formula is C21H25N3O5. The van der Waals surface area contributed by atoms with Crippen LogP contribution in [0.15, 0.2) is 30.3 Å². The Bertz CT molecular complexity index is 908. The highest BCUT2D eigenvalue weighted by Crippen LogP contribution is 2.29. The molecule has 8 nitrogen and oxygen atoms in total.